The highest BCUT2D eigenvalue weighted by Crippen LogP contribution is 2.20. The van der Waals surface area contributed by atoms with Crippen molar-refractivity contribution >= 4 is 29.2 Å². The Bertz CT molecular complexity index is 1120. The quantitative estimate of drug-likeness (QED) is 0.640. The van der Waals surface area contributed by atoms with E-state index in [0.29, 0.717) is 30.5 Å². The Morgan fingerprint density at radius 1 is 1.29 bits per heavy atom. The molecule has 9 nitrogen and oxygen atoms in total. The Balaban J connectivity index is 0.00000225. The molecule has 1 aromatic carbocycles. The average molecular weight is 405 g/mol. The highest BCUT2D eigenvalue weighted by molar-refractivity contribution is 5.85. The summed E-state index contributed by atoms with van der Waals surface area (Å²) in [5.74, 6) is 0.475. The number of nitrogens with zero attached hydrogens (tertiary/aromatic N) is 4. The molecule has 1 amide bonds. The summed E-state index contributed by atoms with van der Waals surface area (Å²) in [6.07, 6.45) is 3.51. The van der Waals surface area contributed by atoms with Crippen LogP contribution in [0.2, 0.25) is 0 Å². The fourth-order valence-corrected chi connectivity index (χ4v) is 3.50. The Morgan fingerprint density at radius 3 is 2.82 bits per heavy atom. The molecule has 28 heavy (non-hydrogen) atoms. The van der Waals surface area contributed by atoms with Crippen molar-refractivity contribution in [2.75, 3.05) is 19.6 Å². The number of piperazine rings is 1. The smallest absolute Gasteiger partial charge is 0.329 e. The number of H-pyrrole nitrogens is 1. The van der Waals surface area contributed by atoms with E-state index in [2.05, 4.69) is 15.3 Å². The van der Waals surface area contributed by atoms with Gasteiger partial charge in [-0.15, -0.1) is 12.4 Å². The normalized spacial score (nSPS) is 16.8. The molecule has 0 aliphatic carbocycles. The molecule has 1 fully saturated rings. The zero-order valence-corrected chi connectivity index (χ0v) is 16.1. The van der Waals surface area contributed by atoms with Crippen LogP contribution in [0.4, 0.5) is 0 Å². The summed E-state index contributed by atoms with van der Waals surface area (Å²) < 4.78 is 2.83. The van der Waals surface area contributed by atoms with E-state index in [4.69, 9.17) is 0 Å². The maximum absolute atomic E-state index is 13.0. The number of fused-ring (bicyclic) bond motifs is 1. The lowest BCUT2D eigenvalue weighted by Crippen LogP contribution is -2.51. The minimum Gasteiger partial charge on any atom is -0.336 e. The number of aromatic amines is 1. The van der Waals surface area contributed by atoms with E-state index in [1.165, 1.54) is 0 Å². The van der Waals surface area contributed by atoms with E-state index < -0.39 is 11.2 Å². The lowest BCUT2D eigenvalue weighted by Gasteiger charge is -2.35. The number of rotatable bonds is 3. The minimum absolute atomic E-state index is 0. The third-order valence-corrected chi connectivity index (χ3v) is 4.90. The van der Waals surface area contributed by atoms with Gasteiger partial charge >= 0.3 is 5.69 Å². The van der Waals surface area contributed by atoms with Crippen molar-refractivity contribution in [1.82, 2.24) is 29.3 Å². The summed E-state index contributed by atoms with van der Waals surface area (Å²) in [5.41, 5.74) is -0.591. The monoisotopic (exact) mass is 404 g/mol. The number of para-hydroxylation sites is 1. The lowest BCUT2D eigenvalue weighted by atomic mass is 10.1. The molecule has 0 bridgehead atoms. The summed E-state index contributed by atoms with van der Waals surface area (Å²) in [5, 5.41) is 3.64. The fourth-order valence-electron chi connectivity index (χ4n) is 3.50. The third kappa shape index (κ3) is 3.46. The molecule has 1 aliphatic heterocycles. The molecule has 0 spiro atoms. The Labute approximate surface area is 166 Å². The van der Waals surface area contributed by atoms with Gasteiger partial charge in [0.2, 0.25) is 5.91 Å². The Kier molecular flexibility index (Phi) is 5.66. The molecular formula is C18H21ClN6O3. The number of hydrogen-bond donors (Lipinski definition) is 2. The molecule has 2 N–H and O–H groups in total. The standard InChI is InChI=1S/C18H20N6O3.ClH/c1-22-8-7-20-16(22)14-10-19-6-9-23(14)15(25)11-24-17(26)12-4-2-3-5-13(12)21-18(24)27;/h2-5,7-8,14,19H,6,9-11H2,1H3,(H,21,27);1H. The summed E-state index contributed by atoms with van der Waals surface area (Å²) >= 11 is 0. The Morgan fingerprint density at radius 2 is 2.07 bits per heavy atom. The highest BCUT2D eigenvalue weighted by Gasteiger charge is 2.30. The minimum atomic E-state index is -0.587. The Hall–Kier alpha value is -2.91. The maximum atomic E-state index is 13.0. The van der Waals surface area contributed by atoms with Crippen LogP contribution in [0.25, 0.3) is 10.9 Å². The molecule has 3 heterocycles. The van der Waals surface area contributed by atoms with Gasteiger partial charge in [0.1, 0.15) is 18.4 Å². The van der Waals surface area contributed by atoms with Gasteiger partial charge in [-0.25, -0.2) is 9.78 Å². The van der Waals surface area contributed by atoms with Crippen molar-refractivity contribution in [3.63, 3.8) is 0 Å². The highest BCUT2D eigenvalue weighted by atomic mass is 35.5. The third-order valence-electron chi connectivity index (χ3n) is 4.90. The zero-order chi connectivity index (χ0) is 19.0. The number of benzene rings is 1. The van der Waals surface area contributed by atoms with Crippen LogP contribution < -0.4 is 16.6 Å². The van der Waals surface area contributed by atoms with Gasteiger partial charge < -0.3 is 19.8 Å². The van der Waals surface area contributed by atoms with Crippen molar-refractivity contribution < 1.29 is 4.79 Å². The second kappa shape index (κ2) is 7.99. The molecule has 1 aliphatic rings. The number of carbonyl (C=O) groups excluding carboxylic acids is 1. The van der Waals surface area contributed by atoms with Crippen LogP contribution in [-0.2, 0) is 18.4 Å². The van der Waals surface area contributed by atoms with Crippen LogP contribution >= 0.6 is 12.4 Å². The van der Waals surface area contributed by atoms with Crippen LogP contribution in [-0.4, -0.2) is 49.5 Å². The van der Waals surface area contributed by atoms with Gasteiger partial charge in [0.25, 0.3) is 5.56 Å². The van der Waals surface area contributed by atoms with Gasteiger partial charge in [0.15, 0.2) is 0 Å². The molecule has 10 heteroatoms. The number of carbonyl (C=O) groups is 1. The second-order valence-electron chi connectivity index (χ2n) is 6.57. The number of halogens is 1. The molecule has 0 saturated carbocycles. The SMILES string of the molecule is Cl.Cn1ccnc1C1CNCCN1C(=O)Cn1c(=O)[nH]c2ccccc2c1=O. The van der Waals surface area contributed by atoms with Crippen molar-refractivity contribution in [1.29, 1.82) is 0 Å². The van der Waals surface area contributed by atoms with Crippen LogP contribution in [0.1, 0.15) is 11.9 Å². The molecule has 148 valence electrons. The number of amides is 1. The number of aromatic nitrogens is 4. The number of imidazole rings is 1. The average Bonchev–Trinajstić information content (AvgIpc) is 3.10. The van der Waals surface area contributed by atoms with E-state index in [0.717, 1.165) is 10.4 Å². The first-order chi connectivity index (χ1) is 13.1. The van der Waals surface area contributed by atoms with Crippen LogP contribution in [0, 0.1) is 0 Å². The maximum Gasteiger partial charge on any atom is 0.329 e. The van der Waals surface area contributed by atoms with E-state index in [1.807, 2.05) is 17.8 Å². The molecular weight excluding hydrogens is 384 g/mol. The first-order valence-electron chi connectivity index (χ1n) is 8.75. The summed E-state index contributed by atoms with van der Waals surface area (Å²) in [7, 11) is 1.87. The van der Waals surface area contributed by atoms with Crippen molar-refractivity contribution in [3.05, 3.63) is 63.3 Å². The molecule has 1 saturated heterocycles. The predicted molar refractivity (Wildman–Crippen MR) is 107 cm³/mol. The van der Waals surface area contributed by atoms with Gasteiger partial charge in [0, 0.05) is 39.1 Å². The molecule has 3 aromatic rings. The van der Waals surface area contributed by atoms with Gasteiger partial charge in [-0.05, 0) is 12.1 Å². The van der Waals surface area contributed by atoms with Gasteiger partial charge in [0.05, 0.1) is 10.9 Å². The number of nitrogens with one attached hydrogen (secondary N) is 2. The second-order valence-corrected chi connectivity index (χ2v) is 6.57. The molecule has 2 aromatic heterocycles. The zero-order valence-electron chi connectivity index (χ0n) is 15.3. The van der Waals surface area contributed by atoms with E-state index >= 15 is 0 Å². The van der Waals surface area contributed by atoms with Crippen molar-refractivity contribution in [2.45, 2.75) is 12.6 Å². The first-order valence-corrected chi connectivity index (χ1v) is 8.75. The number of hydrogen-bond acceptors (Lipinski definition) is 5. The molecule has 1 atom stereocenters. The van der Waals surface area contributed by atoms with E-state index in [9.17, 15) is 14.4 Å². The summed E-state index contributed by atoms with van der Waals surface area (Å²) in [4.78, 5) is 46.7. The summed E-state index contributed by atoms with van der Waals surface area (Å²) in [6.45, 7) is 1.39. The molecule has 1 unspecified atom stereocenters. The topological polar surface area (TPSA) is 105 Å². The largest absolute Gasteiger partial charge is 0.336 e. The lowest BCUT2D eigenvalue weighted by molar-refractivity contribution is -0.135. The van der Waals surface area contributed by atoms with Crippen molar-refractivity contribution in [3.8, 4) is 0 Å². The van der Waals surface area contributed by atoms with Crippen LogP contribution in [0.15, 0.2) is 46.2 Å². The van der Waals surface area contributed by atoms with Crippen LogP contribution in [0.5, 0.6) is 0 Å². The van der Waals surface area contributed by atoms with Gasteiger partial charge in [-0.2, -0.15) is 0 Å². The van der Waals surface area contributed by atoms with Crippen molar-refractivity contribution in [2.24, 2.45) is 7.05 Å². The van der Waals surface area contributed by atoms with Gasteiger partial charge in [-0.3, -0.25) is 14.2 Å². The predicted octanol–water partition coefficient (Wildman–Crippen LogP) is 0.0182. The number of aryl methyl sites for hydroxylation is 1. The van der Waals surface area contributed by atoms with Crippen LogP contribution in [0.3, 0.4) is 0 Å². The van der Waals surface area contributed by atoms with E-state index in [-0.39, 0.29) is 30.9 Å². The summed E-state index contributed by atoms with van der Waals surface area (Å²) in [6, 6.07) is 6.52. The molecule has 0 radical (unpaired) electrons. The molecule has 4 rings (SSSR count). The van der Waals surface area contributed by atoms with E-state index in [1.54, 1.807) is 35.4 Å². The first kappa shape index (κ1) is 19.8. The fraction of sp³-hybridized carbons (Fsp3) is 0.333. The van der Waals surface area contributed by atoms with Gasteiger partial charge in [-0.1, -0.05) is 12.1 Å².